The predicted molar refractivity (Wildman–Crippen MR) is 110 cm³/mol. The van der Waals surface area contributed by atoms with E-state index in [0.29, 0.717) is 0 Å². The van der Waals surface area contributed by atoms with Crippen LogP contribution >= 0.6 is 35.1 Å². The Morgan fingerprint density at radius 3 is 2.72 bits per heavy atom. The lowest BCUT2D eigenvalue weighted by Crippen LogP contribution is -2.48. The van der Waals surface area contributed by atoms with Crippen molar-refractivity contribution in [3.8, 4) is 0 Å². The molecule has 2 aliphatic rings. The van der Waals surface area contributed by atoms with E-state index in [1.54, 1.807) is 18.9 Å². The third-order valence-corrected chi connectivity index (χ3v) is 7.23. The van der Waals surface area contributed by atoms with E-state index in [-0.39, 0.29) is 10.9 Å². The number of nitrogens with one attached hydrogen (secondary N) is 1. The molecule has 0 fully saturated rings. The minimum Gasteiger partial charge on any atom is -0.362 e. The predicted octanol–water partition coefficient (Wildman–Crippen LogP) is 4.82. The van der Waals surface area contributed by atoms with Crippen LogP contribution in [0, 0.1) is 0 Å². The first-order valence-corrected chi connectivity index (χ1v) is 10.3. The Morgan fingerprint density at radius 2 is 2.04 bits per heavy atom. The lowest BCUT2D eigenvalue weighted by Gasteiger charge is -2.35. The van der Waals surface area contributed by atoms with Crippen molar-refractivity contribution in [3.05, 3.63) is 59.1 Å². The van der Waals surface area contributed by atoms with Crippen molar-refractivity contribution in [2.24, 2.45) is 4.99 Å². The molecule has 25 heavy (non-hydrogen) atoms. The minimum atomic E-state index is -0.218. The average molecular weight is 392 g/mol. The molecular weight excluding hydrogens is 374 g/mol. The van der Waals surface area contributed by atoms with Crippen LogP contribution in [-0.4, -0.2) is 30.5 Å². The average Bonchev–Trinajstić information content (AvgIpc) is 3.18. The topological polar surface area (TPSA) is 36.9 Å². The highest BCUT2D eigenvalue weighted by Crippen LogP contribution is 2.56. The van der Waals surface area contributed by atoms with Crippen LogP contribution in [0.3, 0.4) is 0 Å². The first kappa shape index (κ1) is 17.1. The fourth-order valence-electron chi connectivity index (χ4n) is 3.37. The standard InChI is InChI=1S/C18H18ClN3OS2/c1-23-22-15-6-4-3-5-14(15)18(11-20-17(24-2)25-18)16(22)21-13-9-7-12(19)8-10-13/h3-10,16,21H,11H2,1-2H3/t16-,18-/m0/s1. The van der Waals surface area contributed by atoms with Crippen molar-refractivity contribution >= 4 is 50.9 Å². The van der Waals surface area contributed by atoms with E-state index in [4.69, 9.17) is 21.4 Å². The maximum Gasteiger partial charge on any atom is 0.146 e. The van der Waals surface area contributed by atoms with Gasteiger partial charge in [0.2, 0.25) is 0 Å². The lowest BCUT2D eigenvalue weighted by atomic mass is 9.97. The summed E-state index contributed by atoms with van der Waals surface area (Å²) in [6.07, 6.45) is 2.00. The number of hydrogen-bond acceptors (Lipinski definition) is 6. The van der Waals surface area contributed by atoms with E-state index in [9.17, 15) is 0 Å². The van der Waals surface area contributed by atoms with Gasteiger partial charge in [-0.05, 0) is 36.6 Å². The lowest BCUT2D eigenvalue weighted by molar-refractivity contribution is 0.145. The molecule has 7 heteroatoms. The van der Waals surface area contributed by atoms with Gasteiger partial charge in [0, 0.05) is 16.3 Å². The van der Waals surface area contributed by atoms with Crippen LogP contribution in [-0.2, 0) is 9.58 Å². The highest BCUT2D eigenvalue weighted by Gasteiger charge is 2.55. The molecule has 2 aromatic carbocycles. The Morgan fingerprint density at radius 1 is 1.28 bits per heavy atom. The number of para-hydroxylation sites is 1. The summed E-state index contributed by atoms with van der Waals surface area (Å²) in [6, 6.07) is 16.2. The van der Waals surface area contributed by atoms with Crippen LogP contribution in [0.4, 0.5) is 11.4 Å². The summed E-state index contributed by atoms with van der Waals surface area (Å²) in [6.45, 7) is 0.718. The number of halogens is 1. The number of hydroxylamine groups is 1. The molecule has 2 atom stereocenters. The van der Waals surface area contributed by atoms with E-state index < -0.39 is 0 Å². The number of hydrogen-bond donors (Lipinski definition) is 1. The zero-order valence-electron chi connectivity index (χ0n) is 13.9. The third-order valence-electron chi connectivity index (χ3n) is 4.51. The Bertz CT molecular complexity index is 814. The van der Waals surface area contributed by atoms with Gasteiger partial charge in [0.15, 0.2) is 0 Å². The second-order valence-electron chi connectivity index (χ2n) is 5.86. The molecule has 0 saturated carbocycles. The molecule has 130 valence electrons. The van der Waals surface area contributed by atoms with Crippen LogP contribution < -0.4 is 10.4 Å². The summed E-state index contributed by atoms with van der Waals surface area (Å²) >= 11 is 9.54. The number of fused-ring (bicyclic) bond motifs is 2. The second kappa shape index (κ2) is 6.76. The first-order chi connectivity index (χ1) is 12.2. The maximum atomic E-state index is 6.03. The molecule has 0 amide bonds. The van der Waals surface area contributed by atoms with Crippen LogP contribution in [0.2, 0.25) is 5.02 Å². The zero-order chi connectivity index (χ0) is 17.4. The Hall–Kier alpha value is -1.34. The van der Waals surface area contributed by atoms with Crippen molar-refractivity contribution in [3.63, 3.8) is 0 Å². The molecule has 4 rings (SSSR count). The molecule has 0 bridgehead atoms. The number of anilines is 2. The van der Waals surface area contributed by atoms with E-state index in [1.165, 1.54) is 5.56 Å². The fourth-order valence-corrected chi connectivity index (χ4v) is 5.59. The van der Waals surface area contributed by atoms with Gasteiger partial charge in [0.25, 0.3) is 0 Å². The van der Waals surface area contributed by atoms with E-state index >= 15 is 0 Å². The summed E-state index contributed by atoms with van der Waals surface area (Å²) in [4.78, 5) is 10.5. The van der Waals surface area contributed by atoms with Crippen molar-refractivity contribution in [1.82, 2.24) is 0 Å². The summed E-state index contributed by atoms with van der Waals surface area (Å²) in [5, 5.41) is 6.31. The first-order valence-electron chi connectivity index (χ1n) is 7.90. The van der Waals surface area contributed by atoms with Gasteiger partial charge in [0.05, 0.1) is 19.3 Å². The highest BCUT2D eigenvalue weighted by atomic mass is 35.5. The Kier molecular flexibility index (Phi) is 4.62. The highest BCUT2D eigenvalue weighted by molar-refractivity contribution is 8.39. The van der Waals surface area contributed by atoms with Crippen molar-refractivity contribution in [1.29, 1.82) is 0 Å². The van der Waals surface area contributed by atoms with Gasteiger partial charge in [-0.2, -0.15) is 0 Å². The number of nitrogens with zero attached hydrogens (tertiary/aromatic N) is 2. The number of rotatable bonds is 3. The van der Waals surface area contributed by atoms with E-state index in [2.05, 4.69) is 29.8 Å². The van der Waals surface area contributed by atoms with Gasteiger partial charge < -0.3 is 5.32 Å². The molecule has 2 heterocycles. The van der Waals surface area contributed by atoms with Crippen LogP contribution in [0.1, 0.15) is 5.56 Å². The normalized spacial score (nSPS) is 24.5. The molecule has 4 nitrogen and oxygen atoms in total. The Labute approximate surface area is 160 Å². The van der Waals surface area contributed by atoms with Crippen LogP contribution in [0.15, 0.2) is 53.5 Å². The van der Waals surface area contributed by atoms with E-state index in [1.807, 2.05) is 47.2 Å². The molecule has 0 radical (unpaired) electrons. The number of thioether (sulfide) groups is 2. The Balaban J connectivity index is 1.76. The molecule has 0 saturated heterocycles. The number of aliphatic imine (C=N–C) groups is 1. The molecule has 2 aliphatic heterocycles. The third kappa shape index (κ3) is 2.81. The second-order valence-corrected chi connectivity index (χ2v) is 8.67. The smallest absolute Gasteiger partial charge is 0.146 e. The summed E-state index contributed by atoms with van der Waals surface area (Å²) < 4.78 is 0.889. The van der Waals surface area contributed by atoms with E-state index in [0.717, 1.165) is 27.3 Å². The van der Waals surface area contributed by atoms with Gasteiger partial charge in [0.1, 0.15) is 15.3 Å². The largest absolute Gasteiger partial charge is 0.362 e. The van der Waals surface area contributed by atoms with Crippen LogP contribution in [0.5, 0.6) is 0 Å². The van der Waals surface area contributed by atoms with Gasteiger partial charge in [-0.3, -0.25) is 9.83 Å². The molecule has 2 aromatic rings. The summed E-state index contributed by atoms with van der Waals surface area (Å²) in [5.41, 5.74) is 3.34. The molecule has 1 spiro atoms. The van der Waals surface area contributed by atoms with Gasteiger partial charge >= 0.3 is 0 Å². The van der Waals surface area contributed by atoms with Gasteiger partial charge in [-0.15, -0.1) is 11.8 Å². The molecule has 0 aliphatic carbocycles. The SMILES string of the molecule is CON1c2ccccc2[C@@]2(CN=C(SC)S2)[C@H]1Nc1ccc(Cl)cc1. The van der Waals surface area contributed by atoms with Crippen molar-refractivity contribution < 1.29 is 4.84 Å². The maximum absolute atomic E-state index is 6.03. The summed E-state index contributed by atoms with van der Waals surface area (Å²) in [7, 11) is 1.71. The van der Waals surface area contributed by atoms with Crippen molar-refractivity contribution in [2.45, 2.75) is 10.9 Å². The molecule has 0 unspecified atom stereocenters. The van der Waals surface area contributed by atoms with Crippen molar-refractivity contribution in [2.75, 3.05) is 30.3 Å². The zero-order valence-corrected chi connectivity index (χ0v) is 16.3. The molecule has 0 aromatic heterocycles. The molecule has 1 N–H and O–H groups in total. The molecular formula is C18H18ClN3OS2. The van der Waals surface area contributed by atoms with Gasteiger partial charge in [-0.1, -0.05) is 41.6 Å². The minimum absolute atomic E-state index is 0.0746. The monoisotopic (exact) mass is 391 g/mol. The fraction of sp³-hybridized carbons (Fsp3) is 0.278. The van der Waals surface area contributed by atoms with Gasteiger partial charge in [-0.25, -0.2) is 5.06 Å². The quantitative estimate of drug-likeness (QED) is 0.811. The summed E-state index contributed by atoms with van der Waals surface area (Å²) in [5.74, 6) is 0. The number of benzene rings is 2. The van der Waals surface area contributed by atoms with Crippen LogP contribution in [0.25, 0.3) is 0 Å².